The number of nitrogens with one attached hydrogen (secondary N) is 2. The van der Waals surface area contributed by atoms with Crippen molar-refractivity contribution in [3.8, 4) is 0 Å². The maximum atomic E-state index is 12.5. The van der Waals surface area contributed by atoms with E-state index >= 15 is 0 Å². The van der Waals surface area contributed by atoms with E-state index in [-0.39, 0.29) is 11.8 Å². The van der Waals surface area contributed by atoms with Crippen LogP contribution in [0.2, 0.25) is 0 Å². The van der Waals surface area contributed by atoms with Crippen molar-refractivity contribution in [2.45, 2.75) is 6.92 Å². The lowest BCUT2D eigenvalue weighted by Crippen LogP contribution is -2.34. The highest BCUT2D eigenvalue weighted by molar-refractivity contribution is 6.05. The van der Waals surface area contributed by atoms with Gasteiger partial charge in [-0.1, -0.05) is 43.0 Å². The number of hydrogen-bond acceptors (Lipinski definition) is 3. The second-order valence-electron chi connectivity index (χ2n) is 6.48. The molecular formula is C22H23N3O2. The van der Waals surface area contributed by atoms with Crippen LogP contribution in [-0.4, -0.2) is 32.0 Å². The Hall–Kier alpha value is -3.34. The molecule has 0 saturated carbocycles. The lowest BCUT2D eigenvalue weighted by molar-refractivity contribution is -0.118. The van der Waals surface area contributed by atoms with E-state index in [9.17, 15) is 9.59 Å². The van der Waals surface area contributed by atoms with Crippen LogP contribution in [0, 0.1) is 0 Å². The van der Waals surface area contributed by atoms with Gasteiger partial charge in [0.15, 0.2) is 0 Å². The monoisotopic (exact) mass is 361 g/mol. The molecule has 27 heavy (non-hydrogen) atoms. The Morgan fingerprint density at radius 1 is 0.963 bits per heavy atom. The van der Waals surface area contributed by atoms with Crippen molar-refractivity contribution in [3.05, 3.63) is 77.9 Å². The SMILES string of the molecule is C=C(C)C(=O)NCCNC(=O)C=C1c2ccccc2N(C)c2ccccc21. The number of carbonyl (C=O) groups is 2. The van der Waals surface area contributed by atoms with E-state index < -0.39 is 0 Å². The van der Waals surface area contributed by atoms with Crippen molar-refractivity contribution in [1.82, 2.24) is 10.6 Å². The van der Waals surface area contributed by atoms with Crippen molar-refractivity contribution < 1.29 is 9.59 Å². The van der Waals surface area contributed by atoms with Gasteiger partial charge in [0, 0.05) is 54.3 Å². The van der Waals surface area contributed by atoms with Gasteiger partial charge in [-0.25, -0.2) is 0 Å². The lowest BCUT2D eigenvalue weighted by Gasteiger charge is -2.31. The van der Waals surface area contributed by atoms with E-state index in [2.05, 4.69) is 22.1 Å². The summed E-state index contributed by atoms with van der Waals surface area (Å²) in [4.78, 5) is 26.1. The van der Waals surface area contributed by atoms with Crippen LogP contribution < -0.4 is 15.5 Å². The lowest BCUT2D eigenvalue weighted by atomic mass is 9.90. The molecule has 0 fully saturated rings. The molecule has 1 aliphatic rings. The second-order valence-corrected chi connectivity index (χ2v) is 6.48. The second kappa shape index (κ2) is 7.91. The van der Waals surface area contributed by atoms with Crippen LogP contribution in [0.3, 0.4) is 0 Å². The minimum atomic E-state index is -0.208. The summed E-state index contributed by atoms with van der Waals surface area (Å²) in [5, 5.41) is 5.52. The highest BCUT2D eigenvalue weighted by Crippen LogP contribution is 2.43. The van der Waals surface area contributed by atoms with E-state index in [0.29, 0.717) is 18.7 Å². The molecular weight excluding hydrogens is 338 g/mol. The minimum absolute atomic E-state index is 0.191. The molecule has 5 heteroatoms. The van der Waals surface area contributed by atoms with Crippen molar-refractivity contribution in [2.75, 3.05) is 25.0 Å². The summed E-state index contributed by atoms with van der Waals surface area (Å²) >= 11 is 0. The van der Waals surface area contributed by atoms with E-state index in [1.54, 1.807) is 13.0 Å². The van der Waals surface area contributed by atoms with E-state index in [4.69, 9.17) is 0 Å². The summed E-state index contributed by atoms with van der Waals surface area (Å²) in [5.74, 6) is -0.399. The summed E-state index contributed by atoms with van der Waals surface area (Å²) in [5.41, 5.74) is 5.49. The highest BCUT2D eigenvalue weighted by Gasteiger charge is 2.23. The Kier molecular flexibility index (Phi) is 5.41. The Labute approximate surface area is 159 Å². The number of benzene rings is 2. The van der Waals surface area contributed by atoms with Crippen molar-refractivity contribution >= 4 is 28.8 Å². The Balaban J connectivity index is 1.79. The fourth-order valence-corrected chi connectivity index (χ4v) is 3.11. The number of rotatable bonds is 5. The average Bonchev–Trinajstić information content (AvgIpc) is 2.68. The predicted molar refractivity (Wildman–Crippen MR) is 109 cm³/mol. The number of amides is 2. The van der Waals surface area contributed by atoms with Gasteiger partial charge < -0.3 is 15.5 Å². The predicted octanol–water partition coefficient (Wildman–Crippen LogP) is 3.01. The van der Waals surface area contributed by atoms with Crippen LogP contribution in [0.25, 0.3) is 5.57 Å². The quantitative estimate of drug-likeness (QED) is 0.636. The topological polar surface area (TPSA) is 61.4 Å². The van der Waals surface area contributed by atoms with E-state index in [1.165, 1.54) is 0 Å². The summed E-state index contributed by atoms with van der Waals surface area (Å²) in [7, 11) is 2.03. The third-order valence-corrected chi connectivity index (χ3v) is 4.48. The molecule has 138 valence electrons. The van der Waals surface area contributed by atoms with Gasteiger partial charge in [-0.2, -0.15) is 0 Å². The van der Waals surface area contributed by atoms with Crippen LogP contribution >= 0.6 is 0 Å². The summed E-state index contributed by atoms with van der Waals surface area (Å²) in [6, 6.07) is 16.1. The normalized spacial score (nSPS) is 11.9. The number of fused-ring (bicyclic) bond motifs is 2. The fourth-order valence-electron chi connectivity index (χ4n) is 3.11. The summed E-state index contributed by atoms with van der Waals surface area (Å²) < 4.78 is 0. The zero-order chi connectivity index (χ0) is 19.4. The molecule has 0 radical (unpaired) electrons. The standard InChI is InChI=1S/C22H23N3O2/c1-15(2)22(27)24-13-12-23-21(26)14-18-16-8-4-6-10-19(16)25(3)20-11-7-5-9-17(18)20/h4-11,14H,1,12-13H2,2-3H3,(H,23,26)(H,24,27). The zero-order valence-electron chi connectivity index (χ0n) is 15.6. The maximum absolute atomic E-state index is 12.5. The van der Waals surface area contributed by atoms with Gasteiger partial charge in [-0.05, 0) is 24.6 Å². The van der Waals surface area contributed by atoms with Crippen molar-refractivity contribution in [1.29, 1.82) is 0 Å². The number of carbonyl (C=O) groups excluding carboxylic acids is 2. The molecule has 0 atom stereocenters. The van der Waals surface area contributed by atoms with Crippen LogP contribution in [0.4, 0.5) is 11.4 Å². The minimum Gasteiger partial charge on any atom is -0.351 e. The Morgan fingerprint density at radius 2 is 1.48 bits per heavy atom. The molecule has 2 aromatic rings. The zero-order valence-corrected chi connectivity index (χ0v) is 15.6. The van der Waals surface area contributed by atoms with Crippen LogP contribution in [0.1, 0.15) is 18.1 Å². The summed E-state index contributed by atoms with van der Waals surface area (Å²) in [6.45, 7) is 5.94. The van der Waals surface area contributed by atoms with Gasteiger partial charge in [0.2, 0.25) is 11.8 Å². The van der Waals surface area contributed by atoms with E-state index in [0.717, 1.165) is 28.1 Å². The smallest absolute Gasteiger partial charge is 0.246 e. The van der Waals surface area contributed by atoms with Gasteiger partial charge in [0.05, 0.1) is 0 Å². The van der Waals surface area contributed by atoms with Crippen LogP contribution in [0.15, 0.2) is 66.8 Å². The molecule has 0 saturated heterocycles. The van der Waals surface area contributed by atoms with Crippen LogP contribution in [0.5, 0.6) is 0 Å². The van der Waals surface area contributed by atoms with Gasteiger partial charge in [0.25, 0.3) is 0 Å². The number of para-hydroxylation sites is 2. The first-order chi connectivity index (χ1) is 13.0. The maximum Gasteiger partial charge on any atom is 0.246 e. The van der Waals surface area contributed by atoms with Gasteiger partial charge in [0.1, 0.15) is 0 Å². The molecule has 0 unspecified atom stereocenters. The molecule has 0 bridgehead atoms. The molecule has 0 spiro atoms. The van der Waals surface area contributed by atoms with Crippen LogP contribution in [-0.2, 0) is 9.59 Å². The molecule has 0 aromatic heterocycles. The molecule has 1 aliphatic heterocycles. The molecule has 3 rings (SSSR count). The summed E-state index contributed by atoms with van der Waals surface area (Å²) in [6.07, 6.45) is 1.63. The fraction of sp³-hybridized carbons (Fsp3) is 0.182. The third kappa shape index (κ3) is 3.92. The largest absolute Gasteiger partial charge is 0.351 e. The highest BCUT2D eigenvalue weighted by atomic mass is 16.2. The number of hydrogen-bond donors (Lipinski definition) is 2. The molecule has 2 aromatic carbocycles. The van der Waals surface area contributed by atoms with Gasteiger partial charge >= 0.3 is 0 Å². The van der Waals surface area contributed by atoms with Crippen molar-refractivity contribution in [2.24, 2.45) is 0 Å². The molecule has 2 N–H and O–H groups in total. The third-order valence-electron chi connectivity index (χ3n) is 4.48. The van der Waals surface area contributed by atoms with E-state index in [1.807, 2.05) is 55.6 Å². The first kappa shape index (κ1) is 18.5. The average molecular weight is 361 g/mol. The molecule has 1 heterocycles. The first-order valence-electron chi connectivity index (χ1n) is 8.85. The Bertz CT molecular complexity index is 881. The molecule has 0 aliphatic carbocycles. The molecule has 2 amide bonds. The first-order valence-corrected chi connectivity index (χ1v) is 8.85. The van der Waals surface area contributed by atoms with Gasteiger partial charge in [-0.3, -0.25) is 9.59 Å². The van der Waals surface area contributed by atoms with Crippen molar-refractivity contribution in [3.63, 3.8) is 0 Å². The Morgan fingerprint density at radius 3 is 2.04 bits per heavy atom. The number of nitrogens with zero attached hydrogens (tertiary/aromatic N) is 1. The number of anilines is 2. The van der Waals surface area contributed by atoms with Gasteiger partial charge in [-0.15, -0.1) is 0 Å². The molecule has 5 nitrogen and oxygen atoms in total.